The van der Waals surface area contributed by atoms with Gasteiger partial charge in [-0.05, 0) is 29.5 Å². The largest absolute Gasteiger partial charge is 0.293 e. The number of aromatic nitrogens is 1. The second kappa shape index (κ2) is 4.77. The van der Waals surface area contributed by atoms with Crippen LogP contribution in [0, 0.1) is 11.2 Å². The Hall–Kier alpha value is -1.55. The second-order valence-electron chi connectivity index (χ2n) is 6.13. The third-order valence-corrected chi connectivity index (χ3v) is 4.69. The summed E-state index contributed by atoms with van der Waals surface area (Å²) in [5, 5.41) is 0.938. The van der Waals surface area contributed by atoms with Crippen LogP contribution in [0.25, 0.3) is 0 Å². The molecule has 104 valence electrons. The van der Waals surface area contributed by atoms with E-state index in [0.29, 0.717) is 12.8 Å². The number of Topliss-reactive ketones (excluding diaryl/α,β-unsaturated/α-hetero) is 1. The van der Waals surface area contributed by atoms with Crippen LogP contribution in [0.5, 0.6) is 0 Å². The fraction of sp³-hybridized carbons (Fsp3) is 0.375. The molecule has 1 aromatic carbocycles. The number of fused-ring (bicyclic) bond motifs is 1. The summed E-state index contributed by atoms with van der Waals surface area (Å²) in [5.74, 6) is -0.0248. The van der Waals surface area contributed by atoms with E-state index in [1.807, 2.05) is 0 Å². The Bertz CT molecular complexity index is 658. The number of hydrogen-bond acceptors (Lipinski definition) is 3. The van der Waals surface area contributed by atoms with Gasteiger partial charge in [-0.2, -0.15) is 0 Å². The number of carbonyl (C=O) groups excluding carboxylic acids is 1. The van der Waals surface area contributed by atoms with E-state index in [4.69, 9.17) is 0 Å². The first kappa shape index (κ1) is 13.4. The molecule has 4 heteroatoms. The quantitative estimate of drug-likeness (QED) is 0.835. The van der Waals surface area contributed by atoms with Gasteiger partial charge in [0.25, 0.3) is 0 Å². The number of carbonyl (C=O) groups is 1. The molecule has 1 aliphatic carbocycles. The molecule has 1 aromatic heterocycles. The maximum Gasteiger partial charge on any atom is 0.175 e. The van der Waals surface area contributed by atoms with E-state index in [0.717, 1.165) is 27.6 Å². The van der Waals surface area contributed by atoms with Crippen molar-refractivity contribution >= 4 is 17.1 Å². The van der Waals surface area contributed by atoms with Crippen LogP contribution in [0.2, 0.25) is 0 Å². The first-order valence-corrected chi connectivity index (χ1v) is 7.51. The summed E-state index contributed by atoms with van der Waals surface area (Å²) in [7, 11) is 0. The van der Waals surface area contributed by atoms with Crippen LogP contribution in [0.1, 0.15) is 46.2 Å². The predicted octanol–water partition coefficient (Wildman–Crippen LogP) is 4.03. The van der Waals surface area contributed by atoms with Crippen LogP contribution in [0.4, 0.5) is 4.39 Å². The minimum Gasteiger partial charge on any atom is -0.293 e. The van der Waals surface area contributed by atoms with Crippen LogP contribution in [0.3, 0.4) is 0 Å². The summed E-state index contributed by atoms with van der Waals surface area (Å²) in [6.45, 7) is 4.21. The molecule has 2 nitrogen and oxygen atoms in total. The highest BCUT2D eigenvalue weighted by molar-refractivity contribution is 7.13. The van der Waals surface area contributed by atoms with E-state index < -0.39 is 0 Å². The fourth-order valence-electron chi connectivity index (χ4n) is 2.62. The molecular formula is C16H16FNOS. The zero-order valence-electron chi connectivity index (χ0n) is 11.6. The average molecular weight is 289 g/mol. The van der Waals surface area contributed by atoms with Crippen LogP contribution in [0.15, 0.2) is 24.3 Å². The SMILES string of the molecule is CC1(C)CC(=O)c2sc(Cc3ccc(F)cc3)nc2C1. The highest BCUT2D eigenvalue weighted by atomic mass is 32.1. The Balaban J connectivity index is 1.87. The summed E-state index contributed by atoms with van der Waals surface area (Å²) in [4.78, 5) is 17.6. The van der Waals surface area contributed by atoms with Crippen LogP contribution < -0.4 is 0 Å². The molecule has 0 saturated carbocycles. The van der Waals surface area contributed by atoms with E-state index in [1.165, 1.54) is 23.5 Å². The zero-order chi connectivity index (χ0) is 14.3. The summed E-state index contributed by atoms with van der Waals surface area (Å²) < 4.78 is 12.9. The number of ketones is 1. The van der Waals surface area contributed by atoms with Crippen molar-refractivity contribution in [2.24, 2.45) is 5.41 Å². The summed E-state index contributed by atoms with van der Waals surface area (Å²) >= 11 is 1.49. The first-order chi connectivity index (χ1) is 9.43. The van der Waals surface area contributed by atoms with E-state index >= 15 is 0 Å². The monoisotopic (exact) mass is 289 g/mol. The van der Waals surface area contributed by atoms with E-state index in [2.05, 4.69) is 18.8 Å². The molecule has 0 saturated heterocycles. The number of nitrogens with zero attached hydrogens (tertiary/aromatic N) is 1. The summed E-state index contributed by atoms with van der Waals surface area (Å²) in [5.41, 5.74) is 1.96. The molecule has 0 spiro atoms. The number of thiazole rings is 1. The molecule has 3 rings (SSSR count). The smallest absolute Gasteiger partial charge is 0.175 e. The minimum absolute atomic E-state index is 0.00526. The van der Waals surface area contributed by atoms with Gasteiger partial charge >= 0.3 is 0 Å². The van der Waals surface area contributed by atoms with Crippen molar-refractivity contribution in [3.63, 3.8) is 0 Å². The number of rotatable bonds is 2. The molecule has 2 aromatic rings. The van der Waals surface area contributed by atoms with Crippen molar-refractivity contribution in [3.8, 4) is 0 Å². The molecular weight excluding hydrogens is 273 g/mol. The Kier molecular flexibility index (Phi) is 3.21. The lowest BCUT2D eigenvalue weighted by Gasteiger charge is -2.26. The highest BCUT2D eigenvalue weighted by Crippen LogP contribution is 2.37. The van der Waals surface area contributed by atoms with Crippen molar-refractivity contribution < 1.29 is 9.18 Å². The molecule has 20 heavy (non-hydrogen) atoms. The van der Waals surface area contributed by atoms with Gasteiger partial charge in [0.05, 0.1) is 15.6 Å². The lowest BCUT2D eigenvalue weighted by atomic mass is 9.78. The number of hydrogen-bond donors (Lipinski definition) is 0. The van der Waals surface area contributed by atoms with Gasteiger partial charge in [-0.3, -0.25) is 4.79 Å². The molecule has 0 aliphatic heterocycles. The average Bonchev–Trinajstić information content (AvgIpc) is 2.73. The minimum atomic E-state index is -0.232. The van der Waals surface area contributed by atoms with Gasteiger partial charge in [-0.25, -0.2) is 9.37 Å². The van der Waals surface area contributed by atoms with Crippen molar-refractivity contribution in [1.82, 2.24) is 4.98 Å². The standard InChI is InChI=1S/C16H16FNOS/c1-16(2)8-12-15(13(19)9-16)20-14(18-12)7-10-3-5-11(17)6-4-10/h3-6H,7-9H2,1-2H3. The van der Waals surface area contributed by atoms with Crippen molar-refractivity contribution in [1.29, 1.82) is 0 Å². The van der Waals surface area contributed by atoms with Gasteiger partial charge < -0.3 is 0 Å². The molecule has 0 N–H and O–H groups in total. The Morgan fingerprint density at radius 2 is 1.95 bits per heavy atom. The van der Waals surface area contributed by atoms with E-state index in [9.17, 15) is 9.18 Å². The van der Waals surface area contributed by atoms with E-state index in [1.54, 1.807) is 12.1 Å². The van der Waals surface area contributed by atoms with Crippen LogP contribution >= 0.6 is 11.3 Å². The van der Waals surface area contributed by atoms with Gasteiger partial charge in [-0.1, -0.05) is 26.0 Å². The van der Waals surface area contributed by atoms with Gasteiger partial charge in [0.2, 0.25) is 0 Å². The Morgan fingerprint density at radius 3 is 2.65 bits per heavy atom. The van der Waals surface area contributed by atoms with Gasteiger partial charge in [0.15, 0.2) is 5.78 Å². The molecule has 0 bridgehead atoms. The van der Waals surface area contributed by atoms with Gasteiger partial charge in [0.1, 0.15) is 5.82 Å². The molecule has 0 fully saturated rings. The third-order valence-electron chi connectivity index (χ3n) is 3.55. The lowest BCUT2D eigenvalue weighted by molar-refractivity contribution is 0.0916. The molecule has 1 heterocycles. The first-order valence-electron chi connectivity index (χ1n) is 6.69. The topological polar surface area (TPSA) is 30.0 Å². The molecule has 0 amide bonds. The number of benzene rings is 1. The van der Waals surface area contributed by atoms with Crippen LogP contribution in [-0.2, 0) is 12.8 Å². The summed E-state index contributed by atoms with van der Waals surface area (Å²) in [6.07, 6.45) is 2.11. The molecule has 1 aliphatic rings. The zero-order valence-corrected chi connectivity index (χ0v) is 12.4. The third kappa shape index (κ3) is 2.66. The van der Waals surface area contributed by atoms with E-state index in [-0.39, 0.29) is 17.0 Å². The van der Waals surface area contributed by atoms with Gasteiger partial charge in [0, 0.05) is 12.8 Å². The Morgan fingerprint density at radius 1 is 1.25 bits per heavy atom. The molecule has 0 atom stereocenters. The second-order valence-corrected chi connectivity index (χ2v) is 7.21. The van der Waals surface area contributed by atoms with Crippen molar-refractivity contribution in [3.05, 3.63) is 51.2 Å². The maximum atomic E-state index is 12.9. The molecule has 0 unspecified atom stereocenters. The number of halogens is 1. The maximum absolute atomic E-state index is 12.9. The normalized spacial score (nSPS) is 17.1. The predicted molar refractivity (Wildman–Crippen MR) is 77.8 cm³/mol. The lowest BCUT2D eigenvalue weighted by Crippen LogP contribution is -2.26. The highest BCUT2D eigenvalue weighted by Gasteiger charge is 2.33. The van der Waals surface area contributed by atoms with Crippen LogP contribution in [-0.4, -0.2) is 10.8 Å². The van der Waals surface area contributed by atoms with Gasteiger partial charge in [-0.15, -0.1) is 11.3 Å². The van der Waals surface area contributed by atoms with Crippen molar-refractivity contribution in [2.75, 3.05) is 0 Å². The molecule has 0 radical (unpaired) electrons. The fourth-order valence-corrected chi connectivity index (χ4v) is 3.67. The Labute approximate surface area is 121 Å². The van der Waals surface area contributed by atoms with Crippen molar-refractivity contribution in [2.45, 2.75) is 33.1 Å². The summed E-state index contributed by atoms with van der Waals surface area (Å²) in [6, 6.07) is 6.44.